The van der Waals surface area contributed by atoms with Crippen molar-refractivity contribution in [2.75, 3.05) is 61.1 Å². The third-order valence-corrected chi connectivity index (χ3v) is 5.84. The number of aliphatic hydroxyl groups is 2. The van der Waals surface area contributed by atoms with E-state index in [-0.39, 0.29) is 56.0 Å². The molecule has 10 nitrogen and oxygen atoms in total. The predicted octanol–water partition coefficient (Wildman–Crippen LogP) is 1.25. The van der Waals surface area contributed by atoms with Crippen molar-refractivity contribution in [3.8, 4) is 0 Å². The number of halogens is 1. The maximum atomic E-state index is 13.6. The number of aliphatic hydroxyl groups excluding tert-OH is 2. The number of amides is 1. The Morgan fingerprint density at radius 3 is 2.56 bits per heavy atom. The summed E-state index contributed by atoms with van der Waals surface area (Å²) in [5.41, 5.74) is 0.724. The van der Waals surface area contributed by atoms with Crippen LogP contribution in [0.4, 0.5) is 22.2 Å². The van der Waals surface area contributed by atoms with E-state index in [4.69, 9.17) is 0 Å². The lowest BCUT2D eigenvalue weighted by atomic mass is 10.2. The molecule has 1 aliphatic heterocycles. The molecule has 0 saturated carbocycles. The van der Waals surface area contributed by atoms with Crippen LogP contribution in [0.25, 0.3) is 0 Å². The molecule has 1 atom stereocenters. The summed E-state index contributed by atoms with van der Waals surface area (Å²) in [6.45, 7) is 6.28. The first-order chi connectivity index (χ1) is 16.5. The lowest BCUT2D eigenvalue weighted by Gasteiger charge is -2.30. The van der Waals surface area contributed by atoms with Gasteiger partial charge in [0, 0.05) is 39.3 Å². The molecular weight excluding hydrogens is 441 g/mol. The van der Waals surface area contributed by atoms with Crippen molar-refractivity contribution < 1.29 is 19.4 Å². The number of nitrogens with one attached hydrogen (secondary N) is 1. The van der Waals surface area contributed by atoms with Crippen molar-refractivity contribution in [2.24, 2.45) is 0 Å². The number of benzene rings is 1. The average Bonchev–Trinajstić information content (AvgIpc) is 3.33. The molecule has 2 aromatic rings. The van der Waals surface area contributed by atoms with E-state index in [1.54, 1.807) is 21.9 Å². The van der Waals surface area contributed by atoms with Crippen LogP contribution in [0, 0.1) is 5.82 Å². The zero-order valence-corrected chi connectivity index (χ0v) is 19.8. The highest BCUT2D eigenvalue weighted by Crippen LogP contribution is 2.26. The van der Waals surface area contributed by atoms with Gasteiger partial charge < -0.3 is 30.2 Å². The number of hydrogen-bond acceptors (Lipinski definition) is 9. The van der Waals surface area contributed by atoms with Crippen LogP contribution >= 0.6 is 0 Å². The molecule has 3 rings (SSSR count). The summed E-state index contributed by atoms with van der Waals surface area (Å²) >= 11 is 0. The Bertz CT molecular complexity index is 939. The largest absolute Gasteiger partial charge is 0.395 e. The molecule has 0 radical (unpaired) electrons. The molecule has 186 valence electrons. The van der Waals surface area contributed by atoms with Crippen molar-refractivity contribution in [3.05, 3.63) is 35.6 Å². The average molecular weight is 476 g/mol. The minimum atomic E-state index is -0.365. The summed E-state index contributed by atoms with van der Waals surface area (Å²) in [7, 11) is 0. The van der Waals surface area contributed by atoms with Gasteiger partial charge in [0.1, 0.15) is 11.9 Å². The number of likely N-dealkylation sites (N-methyl/N-ethyl adjacent to an activating group) is 1. The predicted molar refractivity (Wildman–Crippen MR) is 128 cm³/mol. The normalized spacial score (nSPS) is 15.4. The Morgan fingerprint density at radius 2 is 1.91 bits per heavy atom. The molecule has 34 heavy (non-hydrogen) atoms. The van der Waals surface area contributed by atoms with E-state index >= 15 is 0 Å². The van der Waals surface area contributed by atoms with Crippen molar-refractivity contribution in [1.29, 1.82) is 0 Å². The first-order valence-electron chi connectivity index (χ1n) is 11.8. The third-order valence-electron chi connectivity index (χ3n) is 5.84. The van der Waals surface area contributed by atoms with Crippen molar-refractivity contribution in [3.63, 3.8) is 0 Å². The van der Waals surface area contributed by atoms with E-state index in [9.17, 15) is 19.4 Å². The quantitative estimate of drug-likeness (QED) is 0.417. The molecule has 2 heterocycles. The number of aromatic nitrogens is 3. The summed E-state index contributed by atoms with van der Waals surface area (Å²) in [5, 5.41) is 22.1. The van der Waals surface area contributed by atoms with Crippen LogP contribution < -0.4 is 15.1 Å². The van der Waals surface area contributed by atoms with E-state index in [1.807, 2.05) is 18.7 Å². The van der Waals surface area contributed by atoms with Crippen LogP contribution in [0.1, 0.15) is 32.3 Å². The number of anilines is 3. The van der Waals surface area contributed by atoms with Gasteiger partial charge in [-0.1, -0.05) is 12.1 Å². The lowest BCUT2D eigenvalue weighted by Crippen LogP contribution is -2.46. The van der Waals surface area contributed by atoms with E-state index in [1.165, 1.54) is 12.1 Å². The zero-order chi connectivity index (χ0) is 24.5. The van der Waals surface area contributed by atoms with Gasteiger partial charge in [0.25, 0.3) is 0 Å². The highest BCUT2D eigenvalue weighted by Gasteiger charge is 2.35. The van der Waals surface area contributed by atoms with Crippen LogP contribution in [0.5, 0.6) is 0 Å². The fourth-order valence-corrected chi connectivity index (χ4v) is 4.09. The molecular formula is C23H34FN7O3. The first kappa shape index (κ1) is 25.6. The van der Waals surface area contributed by atoms with Crippen LogP contribution in [0.2, 0.25) is 0 Å². The second-order valence-electron chi connectivity index (χ2n) is 8.04. The van der Waals surface area contributed by atoms with Gasteiger partial charge in [-0.25, -0.2) is 4.39 Å². The lowest BCUT2D eigenvalue weighted by molar-refractivity contribution is -0.132. The van der Waals surface area contributed by atoms with Gasteiger partial charge in [0.2, 0.25) is 23.8 Å². The topological polar surface area (TPSA) is 118 Å². The minimum Gasteiger partial charge on any atom is -0.395 e. The van der Waals surface area contributed by atoms with Crippen LogP contribution in [0.15, 0.2) is 24.3 Å². The van der Waals surface area contributed by atoms with Crippen LogP contribution in [-0.2, 0) is 11.3 Å². The summed E-state index contributed by atoms with van der Waals surface area (Å²) in [4.78, 5) is 32.1. The fraction of sp³-hybridized carbons (Fsp3) is 0.565. The molecule has 0 bridgehead atoms. The molecule has 1 aliphatic rings. The monoisotopic (exact) mass is 475 g/mol. The van der Waals surface area contributed by atoms with Gasteiger partial charge >= 0.3 is 0 Å². The minimum absolute atomic E-state index is 0.0429. The highest BCUT2D eigenvalue weighted by molar-refractivity contribution is 5.85. The van der Waals surface area contributed by atoms with E-state index in [0.29, 0.717) is 38.5 Å². The number of carbonyl (C=O) groups excluding carboxylic acids is 1. The molecule has 11 heteroatoms. The molecule has 1 amide bonds. The summed E-state index contributed by atoms with van der Waals surface area (Å²) in [6, 6.07) is 5.87. The van der Waals surface area contributed by atoms with Gasteiger partial charge in [0.15, 0.2) is 0 Å². The summed E-state index contributed by atoms with van der Waals surface area (Å²) in [5.74, 6) is 0.627. The molecule has 0 spiro atoms. The van der Waals surface area contributed by atoms with Gasteiger partial charge in [-0.05, 0) is 44.4 Å². The number of hydrogen-bond donors (Lipinski definition) is 3. The number of nitrogens with zero attached hydrogens (tertiary/aromatic N) is 6. The SMILES string of the molecule is CCN(CC)C(=O)[C@H]1CCCN1c1nc(NCc2cccc(F)c2)nc(N(CCO)CCO)n1. The fourth-order valence-electron chi connectivity index (χ4n) is 4.09. The standard InChI is InChI=1S/C23H34FN7O3/c1-3-29(4-2)20(34)19-9-6-10-31(19)23-27-21(25-16-17-7-5-8-18(24)15-17)26-22(28-23)30(11-13-32)12-14-33/h5,7-8,15,19,32-33H,3-4,6,9-14,16H2,1-2H3,(H,25,26,27,28)/t19-/m1/s1. The van der Waals surface area contributed by atoms with Gasteiger partial charge in [-0.3, -0.25) is 4.79 Å². The maximum absolute atomic E-state index is 13.6. The maximum Gasteiger partial charge on any atom is 0.245 e. The van der Waals surface area contributed by atoms with Crippen molar-refractivity contribution in [2.45, 2.75) is 39.3 Å². The molecule has 1 aromatic heterocycles. The molecule has 1 fully saturated rings. The Hall–Kier alpha value is -3.05. The molecule has 1 saturated heterocycles. The smallest absolute Gasteiger partial charge is 0.245 e. The third kappa shape index (κ3) is 6.29. The molecule has 0 unspecified atom stereocenters. The first-order valence-corrected chi connectivity index (χ1v) is 11.8. The number of rotatable bonds is 12. The summed E-state index contributed by atoms with van der Waals surface area (Å²) < 4.78 is 13.6. The van der Waals surface area contributed by atoms with Gasteiger partial charge in [0.05, 0.1) is 13.2 Å². The second kappa shape index (κ2) is 12.4. The molecule has 3 N–H and O–H groups in total. The van der Waals surface area contributed by atoms with Gasteiger partial charge in [-0.15, -0.1) is 0 Å². The number of carbonyl (C=O) groups is 1. The Kier molecular flexibility index (Phi) is 9.34. The summed E-state index contributed by atoms with van der Waals surface area (Å²) in [6.07, 6.45) is 1.54. The zero-order valence-electron chi connectivity index (χ0n) is 19.8. The van der Waals surface area contributed by atoms with Crippen molar-refractivity contribution >= 4 is 23.8 Å². The Labute approximate surface area is 199 Å². The van der Waals surface area contributed by atoms with Gasteiger partial charge in [-0.2, -0.15) is 15.0 Å². The van der Waals surface area contributed by atoms with E-state index in [0.717, 1.165) is 12.0 Å². The van der Waals surface area contributed by atoms with Crippen LogP contribution in [0.3, 0.4) is 0 Å². The Morgan fingerprint density at radius 1 is 1.18 bits per heavy atom. The van der Waals surface area contributed by atoms with Crippen molar-refractivity contribution in [1.82, 2.24) is 19.9 Å². The van der Waals surface area contributed by atoms with E-state index < -0.39 is 0 Å². The molecule has 1 aromatic carbocycles. The second-order valence-corrected chi connectivity index (χ2v) is 8.04. The Balaban J connectivity index is 1.93. The molecule has 0 aliphatic carbocycles. The highest BCUT2D eigenvalue weighted by atomic mass is 19.1. The van der Waals surface area contributed by atoms with E-state index in [2.05, 4.69) is 20.3 Å². The van der Waals surface area contributed by atoms with Crippen LogP contribution in [-0.4, -0.2) is 88.0 Å².